The van der Waals surface area contributed by atoms with Gasteiger partial charge in [0.1, 0.15) is 5.75 Å². The average Bonchev–Trinajstić information content (AvgIpc) is 3.21. The Kier molecular flexibility index (Phi) is 4.75. The van der Waals surface area contributed by atoms with Crippen LogP contribution in [0.3, 0.4) is 0 Å². The molecule has 1 aliphatic rings. The van der Waals surface area contributed by atoms with Gasteiger partial charge >= 0.3 is 0 Å². The number of likely N-dealkylation sites (tertiary alicyclic amines) is 1. The van der Waals surface area contributed by atoms with Gasteiger partial charge in [0.15, 0.2) is 5.82 Å². The topological polar surface area (TPSA) is 84.4 Å². The Hall–Kier alpha value is -2.48. The largest absolute Gasteiger partial charge is 0.497 e. The second kappa shape index (κ2) is 6.96. The zero-order valence-corrected chi connectivity index (χ0v) is 14.3. The molecule has 7 nitrogen and oxygen atoms in total. The van der Waals surface area contributed by atoms with E-state index in [1.165, 1.54) is 0 Å². The van der Waals surface area contributed by atoms with Crippen molar-refractivity contribution in [1.29, 1.82) is 0 Å². The molecule has 3 rings (SSSR count). The number of ether oxygens (including phenoxy) is 1. The molecule has 0 aliphatic carbocycles. The highest BCUT2D eigenvalue weighted by molar-refractivity contribution is 7.10. The summed E-state index contributed by atoms with van der Waals surface area (Å²) < 4.78 is 9.46. The molecule has 1 aromatic carbocycles. The third-order valence-electron chi connectivity index (χ3n) is 3.95. The van der Waals surface area contributed by atoms with E-state index >= 15 is 0 Å². The first-order valence-corrected chi connectivity index (χ1v) is 8.44. The van der Waals surface area contributed by atoms with Crippen LogP contribution in [0.5, 0.6) is 5.75 Å². The van der Waals surface area contributed by atoms with E-state index in [4.69, 9.17) is 4.74 Å². The van der Waals surface area contributed by atoms with E-state index in [0.29, 0.717) is 24.0 Å². The molecular formula is C16H18N4O3S. The number of hydrogen-bond donors (Lipinski definition) is 1. The quantitative estimate of drug-likeness (QED) is 0.895. The maximum absolute atomic E-state index is 12.3. The lowest BCUT2D eigenvalue weighted by Crippen LogP contribution is -2.28. The van der Waals surface area contributed by atoms with Crippen LogP contribution in [0.2, 0.25) is 0 Å². The van der Waals surface area contributed by atoms with Crippen LogP contribution in [0, 0.1) is 5.92 Å². The molecule has 1 aromatic heterocycles. The molecule has 0 spiro atoms. The number of anilines is 1. The van der Waals surface area contributed by atoms with E-state index < -0.39 is 0 Å². The van der Waals surface area contributed by atoms with Crippen molar-refractivity contribution in [3.63, 3.8) is 0 Å². The number of benzene rings is 1. The first kappa shape index (κ1) is 16.4. The molecule has 0 saturated carbocycles. The van der Waals surface area contributed by atoms with E-state index in [0.717, 1.165) is 22.8 Å². The summed E-state index contributed by atoms with van der Waals surface area (Å²) in [6, 6.07) is 7.42. The normalized spacial score (nSPS) is 17.2. The van der Waals surface area contributed by atoms with Gasteiger partial charge in [-0.25, -0.2) is 0 Å². The van der Waals surface area contributed by atoms with Gasteiger partial charge in [-0.3, -0.25) is 9.59 Å². The van der Waals surface area contributed by atoms with Gasteiger partial charge in [-0.05, 0) is 19.1 Å². The molecule has 1 saturated heterocycles. The fourth-order valence-corrected chi connectivity index (χ4v) is 3.21. The van der Waals surface area contributed by atoms with Crippen LogP contribution in [0.1, 0.15) is 13.3 Å². The van der Waals surface area contributed by atoms with Gasteiger partial charge in [-0.1, -0.05) is 12.1 Å². The molecule has 0 radical (unpaired) electrons. The van der Waals surface area contributed by atoms with Crippen molar-refractivity contribution in [2.75, 3.05) is 25.5 Å². The first-order chi connectivity index (χ1) is 11.6. The summed E-state index contributed by atoms with van der Waals surface area (Å²) in [4.78, 5) is 30.1. The van der Waals surface area contributed by atoms with E-state index in [-0.39, 0.29) is 24.2 Å². The summed E-state index contributed by atoms with van der Waals surface area (Å²) in [7, 11) is 1.60. The van der Waals surface area contributed by atoms with Gasteiger partial charge in [-0.2, -0.15) is 9.36 Å². The van der Waals surface area contributed by atoms with Gasteiger partial charge in [-0.15, -0.1) is 0 Å². The van der Waals surface area contributed by atoms with Gasteiger partial charge in [0, 0.05) is 36.6 Å². The zero-order chi connectivity index (χ0) is 17.1. The summed E-state index contributed by atoms with van der Waals surface area (Å²) in [5, 5.41) is 3.19. The number of rotatable bonds is 5. The fourth-order valence-electron chi connectivity index (χ4n) is 2.61. The summed E-state index contributed by atoms with van der Waals surface area (Å²) in [5.74, 6) is 0.755. The van der Waals surface area contributed by atoms with Crippen LogP contribution in [0.4, 0.5) is 5.13 Å². The van der Waals surface area contributed by atoms with Crippen molar-refractivity contribution in [2.45, 2.75) is 13.3 Å². The number of aromatic nitrogens is 2. The highest BCUT2D eigenvalue weighted by Crippen LogP contribution is 2.25. The van der Waals surface area contributed by atoms with E-state index in [1.54, 1.807) is 12.0 Å². The molecule has 1 unspecified atom stereocenters. The van der Waals surface area contributed by atoms with Gasteiger partial charge in [0.2, 0.25) is 16.9 Å². The second-order valence-corrected chi connectivity index (χ2v) is 6.23. The van der Waals surface area contributed by atoms with Crippen molar-refractivity contribution in [1.82, 2.24) is 14.3 Å². The minimum Gasteiger partial charge on any atom is -0.497 e. The minimum atomic E-state index is -0.332. The molecule has 0 bridgehead atoms. The number of nitrogens with one attached hydrogen (secondary N) is 1. The molecule has 1 aliphatic heterocycles. The standard InChI is InChI=1S/C16H18N4O3S/c1-3-20-9-11(8-13(20)21)15(22)18-16-17-14(19-24-16)10-5-4-6-12(7-10)23-2/h4-7,11H,3,8-9H2,1-2H3,(H,17,18,19,22). The molecule has 2 aromatic rings. The number of amides is 2. The third kappa shape index (κ3) is 3.38. The molecule has 8 heteroatoms. The number of carbonyl (C=O) groups is 2. The monoisotopic (exact) mass is 346 g/mol. The van der Waals surface area contributed by atoms with E-state index in [2.05, 4.69) is 14.7 Å². The van der Waals surface area contributed by atoms with Crippen LogP contribution >= 0.6 is 11.5 Å². The zero-order valence-electron chi connectivity index (χ0n) is 13.5. The van der Waals surface area contributed by atoms with E-state index in [1.807, 2.05) is 31.2 Å². The Balaban J connectivity index is 1.68. The first-order valence-electron chi connectivity index (χ1n) is 7.67. The molecule has 1 atom stereocenters. The highest BCUT2D eigenvalue weighted by atomic mass is 32.1. The van der Waals surface area contributed by atoms with Crippen LogP contribution in [-0.2, 0) is 9.59 Å². The predicted molar refractivity (Wildman–Crippen MR) is 90.9 cm³/mol. The number of carbonyl (C=O) groups excluding carboxylic acids is 2. The smallest absolute Gasteiger partial charge is 0.231 e. The Morgan fingerprint density at radius 1 is 1.50 bits per heavy atom. The van der Waals surface area contributed by atoms with Gasteiger partial charge < -0.3 is 15.0 Å². The maximum atomic E-state index is 12.3. The Labute approximate surface area is 143 Å². The maximum Gasteiger partial charge on any atom is 0.231 e. The lowest BCUT2D eigenvalue weighted by Gasteiger charge is -2.12. The Bertz CT molecular complexity index is 761. The average molecular weight is 346 g/mol. The summed E-state index contributed by atoms with van der Waals surface area (Å²) in [6.07, 6.45) is 0.251. The summed E-state index contributed by atoms with van der Waals surface area (Å²) in [6.45, 7) is 2.99. The SMILES string of the molecule is CCN1CC(C(=O)Nc2nc(-c3cccc(OC)c3)ns2)CC1=O. The van der Waals surface area contributed by atoms with Gasteiger partial charge in [0.05, 0.1) is 13.0 Å². The molecule has 1 fully saturated rings. The van der Waals surface area contributed by atoms with Crippen molar-refractivity contribution in [3.8, 4) is 17.1 Å². The summed E-state index contributed by atoms with van der Waals surface area (Å²) in [5.41, 5.74) is 0.819. The van der Waals surface area contributed by atoms with Crippen molar-refractivity contribution < 1.29 is 14.3 Å². The Morgan fingerprint density at radius 3 is 3.04 bits per heavy atom. The van der Waals surface area contributed by atoms with Crippen LogP contribution < -0.4 is 10.1 Å². The molecule has 126 valence electrons. The minimum absolute atomic E-state index is 0.0204. The van der Waals surface area contributed by atoms with Crippen LogP contribution in [0.15, 0.2) is 24.3 Å². The number of nitrogens with zero attached hydrogens (tertiary/aromatic N) is 3. The molecule has 2 amide bonds. The lowest BCUT2D eigenvalue weighted by atomic mass is 10.1. The second-order valence-electron chi connectivity index (χ2n) is 5.48. The molecular weight excluding hydrogens is 328 g/mol. The molecule has 24 heavy (non-hydrogen) atoms. The Morgan fingerprint density at radius 2 is 2.33 bits per heavy atom. The molecule has 2 heterocycles. The third-order valence-corrected chi connectivity index (χ3v) is 4.58. The lowest BCUT2D eigenvalue weighted by molar-refractivity contribution is -0.128. The molecule has 1 N–H and O–H groups in total. The van der Waals surface area contributed by atoms with Gasteiger partial charge in [0.25, 0.3) is 0 Å². The van der Waals surface area contributed by atoms with Crippen molar-refractivity contribution in [3.05, 3.63) is 24.3 Å². The van der Waals surface area contributed by atoms with Crippen LogP contribution in [0.25, 0.3) is 11.4 Å². The fraction of sp³-hybridized carbons (Fsp3) is 0.375. The highest BCUT2D eigenvalue weighted by Gasteiger charge is 2.33. The summed E-state index contributed by atoms with van der Waals surface area (Å²) >= 11 is 1.12. The van der Waals surface area contributed by atoms with Crippen molar-refractivity contribution in [2.24, 2.45) is 5.92 Å². The van der Waals surface area contributed by atoms with Crippen molar-refractivity contribution >= 4 is 28.5 Å². The number of methoxy groups -OCH3 is 1. The van der Waals surface area contributed by atoms with E-state index in [9.17, 15) is 9.59 Å². The number of hydrogen-bond acceptors (Lipinski definition) is 6. The van der Waals surface area contributed by atoms with Crippen LogP contribution in [-0.4, -0.2) is 46.3 Å². The predicted octanol–water partition coefficient (Wildman–Crippen LogP) is 2.02.